The number of H-pyrrole nitrogens is 1. The standard InChI is InChI=1S/C14H20FN3S/c1-4-10(2)17(3)8-9-18-12-7-5-6-11(15)13(12)16-14(18)19/h5-7,10H,4,8-9H2,1-3H3,(H,16,19). The Kier molecular flexibility index (Phi) is 4.37. The van der Waals surface area contributed by atoms with Crippen LogP contribution in [0.25, 0.3) is 11.0 Å². The van der Waals surface area contributed by atoms with Crippen molar-refractivity contribution in [1.29, 1.82) is 0 Å². The number of hydrogen-bond donors (Lipinski definition) is 1. The largest absolute Gasteiger partial charge is 0.328 e. The Bertz CT molecular complexity index is 617. The van der Waals surface area contributed by atoms with Gasteiger partial charge in [-0.1, -0.05) is 13.0 Å². The minimum Gasteiger partial charge on any atom is -0.328 e. The zero-order valence-corrected chi connectivity index (χ0v) is 12.4. The number of rotatable bonds is 5. The summed E-state index contributed by atoms with van der Waals surface area (Å²) in [4.78, 5) is 5.24. The first-order valence-electron chi connectivity index (χ1n) is 6.61. The molecule has 1 aromatic heterocycles. The van der Waals surface area contributed by atoms with Gasteiger partial charge >= 0.3 is 0 Å². The lowest BCUT2D eigenvalue weighted by atomic mass is 10.2. The maximum Gasteiger partial charge on any atom is 0.178 e. The average molecular weight is 281 g/mol. The molecule has 0 radical (unpaired) electrons. The van der Waals surface area contributed by atoms with Crippen LogP contribution < -0.4 is 0 Å². The minimum absolute atomic E-state index is 0.252. The molecule has 2 aromatic rings. The monoisotopic (exact) mass is 281 g/mol. The highest BCUT2D eigenvalue weighted by Crippen LogP contribution is 2.17. The lowest BCUT2D eigenvalue weighted by Gasteiger charge is -2.23. The molecule has 0 amide bonds. The minimum atomic E-state index is -0.252. The zero-order valence-electron chi connectivity index (χ0n) is 11.6. The third kappa shape index (κ3) is 2.87. The van der Waals surface area contributed by atoms with Crippen LogP contribution in [0, 0.1) is 10.6 Å². The van der Waals surface area contributed by atoms with E-state index in [-0.39, 0.29) is 5.82 Å². The van der Waals surface area contributed by atoms with Crippen molar-refractivity contribution in [3.8, 4) is 0 Å². The molecule has 0 aliphatic heterocycles. The van der Waals surface area contributed by atoms with Gasteiger partial charge in [0.25, 0.3) is 0 Å². The summed E-state index contributed by atoms with van der Waals surface area (Å²) in [6.45, 7) is 6.04. The van der Waals surface area contributed by atoms with Crippen LogP contribution >= 0.6 is 12.2 Å². The van der Waals surface area contributed by atoms with Crippen LogP contribution in [-0.4, -0.2) is 34.1 Å². The molecule has 1 N–H and O–H groups in total. The number of imidazole rings is 1. The highest BCUT2D eigenvalue weighted by atomic mass is 32.1. The number of nitrogens with zero attached hydrogens (tertiary/aromatic N) is 2. The Morgan fingerprint density at radius 3 is 2.89 bits per heavy atom. The van der Waals surface area contributed by atoms with Crippen molar-refractivity contribution < 1.29 is 4.39 Å². The van der Waals surface area contributed by atoms with Crippen molar-refractivity contribution in [2.45, 2.75) is 32.9 Å². The van der Waals surface area contributed by atoms with Crippen LogP contribution in [0.5, 0.6) is 0 Å². The molecular weight excluding hydrogens is 261 g/mol. The molecule has 2 rings (SSSR count). The van der Waals surface area contributed by atoms with Gasteiger partial charge in [0.1, 0.15) is 11.3 Å². The van der Waals surface area contributed by atoms with Gasteiger partial charge in [-0.2, -0.15) is 0 Å². The van der Waals surface area contributed by atoms with Gasteiger partial charge < -0.3 is 14.5 Å². The molecule has 0 saturated heterocycles. The van der Waals surface area contributed by atoms with E-state index in [0.29, 0.717) is 16.3 Å². The Hall–Kier alpha value is -1.20. The zero-order chi connectivity index (χ0) is 14.0. The van der Waals surface area contributed by atoms with Gasteiger partial charge in [-0.05, 0) is 44.7 Å². The molecule has 104 valence electrons. The van der Waals surface area contributed by atoms with E-state index in [0.717, 1.165) is 25.0 Å². The summed E-state index contributed by atoms with van der Waals surface area (Å²) in [6, 6.07) is 5.60. The van der Waals surface area contributed by atoms with E-state index in [1.165, 1.54) is 6.07 Å². The SMILES string of the molecule is CCC(C)N(C)CCn1c(=S)[nH]c2c(F)cccc21. The molecule has 1 atom stereocenters. The Balaban J connectivity index is 2.24. The molecule has 0 aliphatic rings. The van der Waals surface area contributed by atoms with Crippen molar-refractivity contribution in [1.82, 2.24) is 14.5 Å². The number of hydrogen-bond acceptors (Lipinski definition) is 2. The maximum atomic E-state index is 13.7. The molecule has 1 unspecified atom stereocenters. The van der Waals surface area contributed by atoms with Gasteiger partial charge in [-0.25, -0.2) is 4.39 Å². The number of para-hydroxylation sites is 1. The van der Waals surface area contributed by atoms with Crippen LogP contribution in [0.4, 0.5) is 4.39 Å². The van der Waals surface area contributed by atoms with Crippen molar-refractivity contribution in [2.24, 2.45) is 0 Å². The van der Waals surface area contributed by atoms with Gasteiger partial charge in [-0.3, -0.25) is 0 Å². The van der Waals surface area contributed by atoms with Crippen LogP contribution in [0.2, 0.25) is 0 Å². The summed E-state index contributed by atoms with van der Waals surface area (Å²) in [5.41, 5.74) is 1.33. The second-order valence-electron chi connectivity index (χ2n) is 4.95. The summed E-state index contributed by atoms with van der Waals surface area (Å²) in [5, 5.41) is 0. The maximum absolute atomic E-state index is 13.7. The number of aromatic amines is 1. The second-order valence-corrected chi connectivity index (χ2v) is 5.34. The van der Waals surface area contributed by atoms with Crippen molar-refractivity contribution in [3.63, 3.8) is 0 Å². The number of nitrogens with one attached hydrogen (secondary N) is 1. The van der Waals surface area contributed by atoms with Crippen LogP contribution in [0.15, 0.2) is 18.2 Å². The normalized spacial score (nSPS) is 13.3. The quantitative estimate of drug-likeness (QED) is 0.847. The highest BCUT2D eigenvalue weighted by molar-refractivity contribution is 7.71. The number of fused-ring (bicyclic) bond motifs is 1. The van der Waals surface area contributed by atoms with Crippen LogP contribution in [-0.2, 0) is 6.54 Å². The van der Waals surface area contributed by atoms with E-state index in [1.54, 1.807) is 6.07 Å². The third-order valence-electron chi connectivity index (χ3n) is 3.78. The molecule has 0 fully saturated rings. The van der Waals surface area contributed by atoms with E-state index in [4.69, 9.17) is 12.2 Å². The van der Waals surface area contributed by atoms with Crippen molar-refractivity contribution in [3.05, 3.63) is 28.8 Å². The number of aromatic nitrogens is 2. The molecule has 0 bridgehead atoms. The molecule has 0 saturated carbocycles. The lowest BCUT2D eigenvalue weighted by molar-refractivity contribution is 0.243. The summed E-state index contributed by atoms with van der Waals surface area (Å²) in [7, 11) is 2.10. The van der Waals surface area contributed by atoms with E-state index in [1.807, 2.05) is 10.6 Å². The van der Waals surface area contributed by atoms with Crippen molar-refractivity contribution in [2.75, 3.05) is 13.6 Å². The number of halogens is 1. The smallest absolute Gasteiger partial charge is 0.178 e. The molecule has 0 spiro atoms. The third-order valence-corrected chi connectivity index (χ3v) is 4.10. The van der Waals surface area contributed by atoms with E-state index < -0.39 is 0 Å². The molecule has 5 heteroatoms. The van der Waals surface area contributed by atoms with E-state index in [2.05, 4.69) is 30.8 Å². The van der Waals surface area contributed by atoms with Crippen molar-refractivity contribution >= 4 is 23.3 Å². The topological polar surface area (TPSA) is 24.0 Å². The second kappa shape index (κ2) is 5.84. The first-order chi connectivity index (χ1) is 9.04. The number of likely N-dealkylation sites (N-methyl/N-ethyl adjacent to an activating group) is 1. The molecule has 1 aromatic carbocycles. The average Bonchev–Trinajstić information content (AvgIpc) is 2.72. The molecule has 0 aliphatic carbocycles. The molecule has 3 nitrogen and oxygen atoms in total. The summed E-state index contributed by atoms with van der Waals surface area (Å²) < 4.78 is 16.2. The Morgan fingerprint density at radius 2 is 2.21 bits per heavy atom. The van der Waals surface area contributed by atoms with Gasteiger partial charge in [0.15, 0.2) is 4.77 Å². The lowest BCUT2D eigenvalue weighted by Crippen LogP contribution is -2.31. The van der Waals surface area contributed by atoms with Gasteiger partial charge in [0.05, 0.1) is 5.52 Å². The molecule has 1 heterocycles. The van der Waals surface area contributed by atoms with Gasteiger partial charge in [-0.15, -0.1) is 0 Å². The van der Waals surface area contributed by atoms with Gasteiger partial charge in [0, 0.05) is 19.1 Å². The van der Waals surface area contributed by atoms with Crippen LogP contribution in [0.3, 0.4) is 0 Å². The highest BCUT2D eigenvalue weighted by Gasteiger charge is 2.10. The fourth-order valence-electron chi connectivity index (χ4n) is 2.16. The Morgan fingerprint density at radius 1 is 1.47 bits per heavy atom. The molecular formula is C14H20FN3S. The Labute approximate surface area is 118 Å². The fraction of sp³-hybridized carbons (Fsp3) is 0.500. The summed E-state index contributed by atoms with van der Waals surface area (Å²) in [5.74, 6) is -0.252. The van der Waals surface area contributed by atoms with Gasteiger partial charge in [0.2, 0.25) is 0 Å². The molecule has 19 heavy (non-hydrogen) atoms. The van der Waals surface area contributed by atoms with E-state index in [9.17, 15) is 4.39 Å². The first-order valence-corrected chi connectivity index (χ1v) is 7.02. The fourth-order valence-corrected chi connectivity index (χ4v) is 2.45. The van der Waals surface area contributed by atoms with Crippen LogP contribution in [0.1, 0.15) is 20.3 Å². The van der Waals surface area contributed by atoms with E-state index >= 15 is 0 Å². The predicted octanol–water partition coefficient (Wildman–Crippen LogP) is 3.57. The predicted molar refractivity (Wildman–Crippen MR) is 79.5 cm³/mol. The summed E-state index contributed by atoms with van der Waals surface area (Å²) in [6.07, 6.45) is 1.12. The summed E-state index contributed by atoms with van der Waals surface area (Å²) >= 11 is 5.28. The number of benzene rings is 1. The first kappa shape index (κ1) is 14.2.